The predicted molar refractivity (Wildman–Crippen MR) is 68.9 cm³/mol. The zero-order chi connectivity index (χ0) is 12.7. The van der Waals surface area contributed by atoms with Crippen LogP contribution in [0.3, 0.4) is 0 Å². The SMILES string of the molecule is CC(=O)N1CCC(NCCOCC(C)C)CC1. The number of hydrogen-bond donors (Lipinski definition) is 1. The van der Waals surface area contributed by atoms with Gasteiger partial charge in [-0.05, 0) is 18.8 Å². The van der Waals surface area contributed by atoms with Crippen LogP contribution in [0.25, 0.3) is 0 Å². The van der Waals surface area contributed by atoms with Gasteiger partial charge in [0.25, 0.3) is 0 Å². The van der Waals surface area contributed by atoms with Crippen molar-refractivity contribution >= 4 is 5.91 Å². The van der Waals surface area contributed by atoms with Crippen LogP contribution in [0.4, 0.5) is 0 Å². The molecule has 4 nitrogen and oxygen atoms in total. The number of carbonyl (C=O) groups excluding carboxylic acids is 1. The normalized spacial score (nSPS) is 17.8. The molecule has 1 fully saturated rings. The van der Waals surface area contributed by atoms with Crippen LogP contribution in [0.2, 0.25) is 0 Å². The first-order chi connectivity index (χ1) is 8.09. The molecule has 4 heteroatoms. The van der Waals surface area contributed by atoms with E-state index >= 15 is 0 Å². The lowest BCUT2D eigenvalue weighted by molar-refractivity contribution is -0.129. The molecule has 0 aromatic rings. The van der Waals surface area contributed by atoms with Crippen molar-refractivity contribution < 1.29 is 9.53 Å². The summed E-state index contributed by atoms with van der Waals surface area (Å²) in [7, 11) is 0. The Morgan fingerprint density at radius 1 is 1.41 bits per heavy atom. The zero-order valence-electron chi connectivity index (χ0n) is 11.4. The summed E-state index contributed by atoms with van der Waals surface area (Å²) < 4.78 is 5.52. The maximum atomic E-state index is 11.2. The van der Waals surface area contributed by atoms with Crippen LogP contribution in [0.5, 0.6) is 0 Å². The molecule has 0 aromatic carbocycles. The molecule has 0 atom stereocenters. The van der Waals surface area contributed by atoms with E-state index in [0.29, 0.717) is 12.0 Å². The molecule has 1 N–H and O–H groups in total. The summed E-state index contributed by atoms with van der Waals surface area (Å²) in [5.74, 6) is 0.803. The second-order valence-corrected chi connectivity index (χ2v) is 5.20. The van der Waals surface area contributed by atoms with Gasteiger partial charge in [0, 0.05) is 39.2 Å². The van der Waals surface area contributed by atoms with Gasteiger partial charge in [-0.15, -0.1) is 0 Å². The van der Waals surface area contributed by atoms with Crippen molar-refractivity contribution in [2.75, 3.05) is 32.8 Å². The van der Waals surface area contributed by atoms with Gasteiger partial charge >= 0.3 is 0 Å². The quantitative estimate of drug-likeness (QED) is 0.713. The van der Waals surface area contributed by atoms with Crippen LogP contribution in [0, 0.1) is 5.92 Å². The van der Waals surface area contributed by atoms with E-state index in [1.165, 1.54) is 0 Å². The van der Waals surface area contributed by atoms with E-state index in [4.69, 9.17) is 4.74 Å². The highest BCUT2D eigenvalue weighted by Gasteiger charge is 2.19. The molecule has 0 unspecified atom stereocenters. The lowest BCUT2D eigenvalue weighted by Gasteiger charge is -2.31. The van der Waals surface area contributed by atoms with Crippen LogP contribution in [-0.4, -0.2) is 49.7 Å². The second kappa shape index (κ2) is 7.67. The largest absolute Gasteiger partial charge is 0.380 e. The van der Waals surface area contributed by atoms with Crippen molar-refractivity contribution in [3.63, 3.8) is 0 Å². The third kappa shape index (κ3) is 6.03. The van der Waals surface area contributed by atoms with E-state index in [9.17, 15) is 4.79 Å². The predicted octanol–water partition coefficient (Wildman–Crippen LogP) is 1.26. The maximum Gasteiger partial charge on any atom is 0.219 e. The molecule has 0 spiro atoms. The molecular formula is C13H26N2O2. The average molecular weight is 242 g/mol. The van der Waals surface area contributed by atoms with Crippen LogP contribution in [-0.2, 0) is 9.53 Å². The van der Waals surface area contributed by atoms with Gasteiger partial charge in [-0.1, -0.05) is 13.8 Å². The minimum Gasteiger partial charge on any atom is -0.380 e. The lowest BCUT2D eigenvalue weighted by atomic mass is 10.1. The van der Waals surface area contributed by atoms with Crippen molar-refractivity contribution in [1.82, 2.24) is 10.2 Å². The highest BCUT2D eigenvalue weighted by atomic mass is 16.5. The summed E-state index contributed by atoms with van der Waals surface area (Å²) in [6, 6.07) is 0.549. The van der Waals surface area contributed by atoms with E-state index < -0.39 is 0 Å². The summed E-state index contributed by atoms with van der Waals surface area (Å²) >= 11 is 0. The fourth-order valence-corrected chi connectivity index (χ4v) is 2.05. The van der Waals surface area contributed by atoms with E-state index in [-0.39, 0.29) is 5.91 Å². The number of rotatable bonds is 6. The van der Waals surface area contributed by atoms with Crippen molar-refractivity contribution in [3.8, 4) is 0 Å². The van der Waals surface area contributed by atoms with E-state index in [1.54, 1.807) is 6.92 Å². The second-order valence-electron chi connectivity index (χ2n) is 5.20. The average Bonchev–Trinajstić information content (AvgIpc) is 2.29. The van der Waals surface area contributed by atoms with Crippen molar-refractivity contribution in [3.05, 3.63) is 0 Å². The Morgan fingerprint density at radius 3 is 2.59 bits per heavy atom. The molecule has 0 aromatic heterocycles. The summed E-state index contributed by atoms with van der Waals surface area (Å²) in [6.45, 7) is 10.3. The van der Waals surface area contributed by atoms with E-state index in [2.05, 4.69) is 19.2 Å². The Morgan fingerprint density at radius 2 is 2.06 bits per heavy atom. The molecule has 0 bridgehead atoms. The van der Waals surface area contributed by atoms with Crippen molar-refractivity contribution in [2.45, 2.75) is 39.7 Å². The van der Waals surface area contributed by atoms with Gasteiger partial charge in [0.1, 0.15) is 0 Å². The molecule has 1 aliphatic heterocycles. The fraction of sp³-hybridized carbons (Fsp3) is 0.923. The number of carbonyl (C=O) groups is 1. The fourth-order valence-electron chi connectivity index (χ4n) is 2.05. The Balaban J connectivity index is 2.01. The van der Waals surface area contributed by atoms with Crippen molar-refractivity contribution in [1.29, 1.82) is 0 Å². The van der Waals surface area contributed by atoms with E-state index in [0.717, 1.165) is 45.7 Å². The Labute approximate surface area is 105 Å². The molecule has 0 saturated carbocycles. The van der Waals surface area contributed by atoms with E-state index in [1.807, 2.05) is 4.90 Å². The molecule has 0 aliphatic carbocycles. The molecule has 17 heavy (non-hydrogen) atoms. The first kappa shape index (κ1) is 14.5. The molecule has 1 saturated heterocycles. The minimum atomic E-state index is 0.198. The minimum absolute atomic E-state index is 0.198. The van der Waals surface area contributed by atoms with Crippen LogP contribution in [0.1, 0.15) is 33.6 Å². The molecular weight excluding hydrogens is 216 g/mol. The number of nitrogens with zero attached hydrogens (tertiary/aromatic N) is 1. The molecule has 1 rings (SSSR count). The smallest absolute Gasteiger partial charge is 0.219 e. The summed E-state index contributed by atoms with van der Waals surface area (Å²) in [5.41, 5.74) is 0. The maximum absolute atomic E-state index is 11.2. The monoisotopic (exact) mass is 242 g/mol. The number of ether oxygens (including phenoxy) is 1. The third-order valence-electron chi connectivity index (χ3n) is 3.07. The van der Waals surface area contributed by atoms with Crippen LogP contribution >= 0.6 is 0 Å². The van der Waals surface area contributed by atoms with Gasteiger partial charge in [0.15, 0.2) is 0 Å². The first-order valence-electron chi connectivity index (χ1n) is 6.66. The lowest BCUT2D eigenvalue weighted by Crippen LogP contribution is -2.44. The Bertz CT molecular complexity index is 223. The van der Waals surface area contributed by atoms with Crippen LogP contribution < -0.4 is 5.32 Å². The van der Waals surface area contributed by atoms with Gasteiger partial charge < -0.3 is 15.0 Å². The highest BCUT2D eigenvalue weighted by molar-refractivity contribution is 5.73. The number of hydrogen-bond acceptors (Lipinski definition) is 3. The Kier molecular flexibility index (Phi) is 6.52. The molecule has 0 radical (unpaired) electrons. The number of amides is 1. The highest BCUT2D eigenvalue weighted by Crippen LogP contribution is 2.09. The van der Waals surface area contributed by atoms with Crippen LogP contribution in [0.15, 0.2) is 0 Å². The van der Waals surface area contributed by atoms with Gasteiger partial charge in [0.05, 0.1) is 6.61 Å². The number of nitrogens with one attached hydrogen (secondary N) is 1. The van der Waals surface area contributed by atoms with Crippen molar-refractivity contribution in [2.24, 2.45) is 5.92 Å². The van der Waals surface area contributed by atoms with Gasteiger partial charge in [-0.3, -0.25) is 4.79 Å². The summed E-state index contributed by atoms with van der Waals surface area (Å²) in [4.78, 5) is 13.1. The summed E-state index contributed by atoms with van der Waals surface area (Å²) in [6.07, 6.45) is 2.12. The topological polar surface area (TPSA) is 41.6 Å². The number of likely N-dealkylation sites (tertiary alicyclic amines) is 1. The van der Waals surface area contributed by atoms with Gasteiger partial charge in [0.2, 0.25) is 5.91 Å². The van der Waals surface area contributed by atoms with Gasteiger partial charge in [-0.25, -0.2) is 0 Å². The zero-order valence-corrected chi connectivity index (χ0v) is 11.4. The Hall–Kier alpha value is -0.610. The summed E-state index contributed by atoms with van der Waals surface area (Å²) in [5, 5.41) is 3.49. The standard InChI is InChI=1S/C13H26N2O2/c1-11(2)10-17-9-6-14-13-4-7-15(8-5-13)12(3)16/h11,13-14H,4-10H2,1-3H3. The first-order valence-corrected chi connectivity index (χ1v) is 6.66. The molecule has 100 valence electrons. The number of piperidine rings is 1. The molecule has 1 amide bonds. The molecule has 1 heterocycles. The molecule has 1 aliphatic rings. The third-order valence-corrected chi connectivity index (χ3v) is 3.07. The van der Waals surface area contributed by atoms with Gasteiger partial charge in [-0.2, -0.15) is 0 Å².